The molecule has 1 saturated heterocycles. The van der Waals surface area contributed by atoms with E-state index in [1.165, 1.54) is 38.8 Å². The van der Waals surface area contributed by atoms with Gasteiger partial charge in [0.15, 0.2) is 0 Å². The summed E-state index contributed by atoms with van der Waals surface area (Å²) in [7, 11) is 0. The van der Waals surface area contributed by atoms with Gasteiger partial charge in [-0.25, -0.2) is 0 Å². The van der Waals surface area contributed by atoms with Crippen molar-refractivity contribution in [3.05, 3.63) is 0 Å². The van der Waals surface area contributed by atoms with Crippen molar-refractivity contribution in [3.8, 4) is 0 Å². The Labute approximate surface area is 103 Å². The first-order valence-electron chi connectivity index (χ1n) is 7.42. The van der Waals surface area contributed by atoms with Gasteiger partial charge in [0.05, 0.1) is 0 Å². The third-order valence-corrected chi connectivity index (χ3v) is 4.45. The molecule has 1 saturated carbocycles. The molecule has 0 aromatic rings. The van der Waals surface area contributed by atoms with Crippen molar-refractivity contribution in [1.82, 2.24) is 4.90 Å². The SMILES string of the molecule is CC.CC(C)C1CCN(C2CCC2)CC1C. The lowest BCUT2D eigenvalue weighted by atomic mass is 9.77. The molecule has 0 amide bonds. The van der Waals surface area contributed by atoms with E-state index in [1.807, 2.05) is 13.8 Å². The summed E-state index contributed by atoms with van der Waals surface area (Å²) in [5.74, 6) is 2.78. The molecule has 0 radical (unpaired) electrons. The Morgan fingerprint density at radius 1 is 1.06 bits per heavy atom. The quantitative estimate of drug-likeness (QED) is 0.681. The summed E-state index contributed by atoms with van der Waals surface area (Å²) in [5.41, 5.74) is 0. The van der Waals surface area contributed by atoms with Gasteiger partial charge in [0.25, 0.3) is 0 Å². The highest BCUT2D eigenvalue weighted by Gasteiger charge is 2.33. The number of likely N-dealkylation sites (tertiary alicyclic amines) is 1. The van der Waals surface area contributed by atoms with Crippen molar-refractivity contribution < 1.29 is 0 Å². The summed E-state index contributed by atoms with van der Waals surface area (Å²) in [6, 6.07) is 0.963. The van der Waals surface area contributed by atoms with Gasteiger partial charge in [0, 0.05) is 12.6 Å². The summed E-state index contributed by atoms with van der Waals surface area (Å²) < 4.78 is 0. The van der Waals surface area contributed by atoms with E-state index in [4.69, 9.17) is 0 Å². The molecule has 1 heterocycles. The first kappa shape index (κ1) is 14.0. The zero-order valence-electron chi connectivity index (χ0n) is 12.0. The van der Waals surface area contributed by atoms with E-state index in [9.17, 15) is 0 Å². The number of rotatable bonds is 2. The normalized spacial score (nSPS) is 31.9. The Hall–Kier alpha value is -0.0400. The topological polar surface area (TPSA) is 3.24 Å². The average Bonchev–Trinajstić information content (AvgIpc) is 2.17. The molecule has 2 fully saturated rings. The van der Waals surface area contributed by atoms with Crippen LogP contribution in [0.5, 0.6) is 0 Å². The maximum atomic E-state index is 2.76. The smallest absolute Gasteiger partial charge is 0.00953 e. The average molecular weight is 225 g/mol. The molecule has 0 aromatic carbocycles. The largest absolute Gasteiger partial charge is 0.300 e. The predicted molar refractivity (Wildman–Crippen MR) is 72.7 cm³/mol. The molecule has 0 bridgehead atoms. The number of nitrogens with zero attached hydrogens (tertiary/aromatic N) is 1. The summed E-state index contributed by atoms with van der Waals surface area (Å²) in [6.45, 7) is 14.0. The zero-order chi connectivity index (χ0) is 12.1. The minimum absolute atomic E-state index is 0.883. The molecule has 0 aromatic heterocycles. The van der Waals surface area contributed by atoms with Crippen LogP contribution in [0, 0.1) is 17.8 Å². The fourth-order valence-electron chi connectivity index (χ4n) is 3.27. The Bertz CT molecular complexity index is 184. The summed E-state index contributed by atoms with van der Waals surface area (Å²) in [5, 5.41) is 0. The first-order chi connectivity index (χ1) is 7.68. The van der Waals surface area contributed by atoms with Crippen LogP contribution in [0.4, 0.5) is 0 Å². The van der Waals surface area contributed by atoms with Crippen LogP contribution in [0.15, 0.2) is 0 Å². The molecule has 0 N–H and O–H groups in total. The van der Waals surface area contributed by atoms with Crippen LogP contribution in [0.1, 0.15) is 60.3 Å². The van der Waals surface area contributed by atoms with E-state index in [2.05, 4.69) is 25.7 Å². The van der Waals surface area contributed by atoms with Gasteiger partial charge in [0.1, 0.15) is 0 Å². The van der Waals surface area contributed by atoms with Crippen molar-refractivity contribution in [3.63, 3.8) is 0 Å². The Kier molecular flexibility index (Phi) is 5.82. The van der Waals surface area contributed by atoms with Crippen molar-refractivity contribution >= 4 is 0 Å². The van der Waals surface area contributed by atoms with E-state index >= 15 is 0 Å². The molecule has 1 aliphatic heterocycles. The zero-order valence-corrected chi connectivity index (χ0v) is 12.0. The molecule has 2 aliphatic rings. The second-order valence-electron chi connectivity index (χ2n) is 5.75. The minimum Gasteiger partial charge on any atom is -0.300 e. The van der Waals surface area contributed by atoms with E-state index in [0.717, 1.165) is 23.8 Å². The molecule has 2 atom stereocenters. The van der Waals surface area contributed by atoms with E-state index in [1.54, 1.807) is 0 Å². The van der Waals surface area contributed by atoms with Crippen LogP contribution < -0.4 is 0 Å². The van der Waals surface area contributed by atoms with Crippen LogP contribution in [0.3, 0.4) is 0 Å². The Morgan fingerprint density at radius 3 is 2.06 bits per heavy atom. The van der Waals surface area contributed by atoms with Gasteiger partial charge in [-0.15, -0.1) is 0 Å². The molecule has 2 rings (SSSR count). The molecule has 16 heavy (non-hydrogen) atoms. The first-order valence-corrected chi connectivity index (χ1v) is 7.42. The van der Waals surface area contributed by atoms with Crippen LogP contribution in [-0.4, -0.2) is 24.0 Å². The van der Waals surface area contributed by atoms with Gasteiger partial charge in [-0.1, -0.05) is 41.0 Å². The molecular formula is C15H31N. The number of piperidine rings is 1. The van der Waals surface area contributed by atoms with Crippen molar-refractivity contribution in [2.45, 2.75) is 66.3 Å². The summed E-state index contributed by atoms with van der Waals surface area (Å²) >= 11 is 0. The lowest BCUT2D eigenvalue weighted by Crippen LogP contribution is -2.48. The lowest BCUT2D eigenvalue weighted by Gasteiger charge is -2.45. The third-order valence-electron chi connectivity index (χ3n) is 4.45. The van der Waals surface area contributed by atoms with Gasteiger partial charge in [0.2, 0.25) is 0 Å². The van der Waals surface area contributed by atoms with Crippen LogP contribution in [0.2, 0.25) is 0 Å². The fourth-order valence-corrected chi connectivity index (χ4v) is 3.27. The van der Waals surface area contributed by atoms with E-state index in [0.29, 0.717) is 0 Å². The van der Waals surface area contributed by atoms with Gasteiger partial charge in [-0.2, -0.15) is 0 Å². The van der Waals surface area contributed by atoms with Crippen molar-refractivity contribution in [1.29, 1.82) is 0 Å². The molecule has 96 valence electrons. The molecule has 1 aliphatic carbocycles. The third kappa shape index (κ3) is 3.23. The predicted octanol–water partition coefficient (Wildman–Crippen LogP) is 4.18. The number of hydrogen-bond donors (Lipinski definition) is 0. The molecule has 1 nitrogen and oxygen atoms in total. The minimum atomic E-state index is 0.883. The fraction of sp³-hybridized carbons (Fsp3) is 1.00. The second-order valence-corrected chi connectivity index (χ2v) is 5.75. The maximum absolute atomic E-state index is 2.76. The lowest BCUT2D eigenvalue weighted by molar-refractivity contribution is 0.0392. The molecule has 1 heteroatoms. The van der Waals surface area contributed by atoms with Gasteiger partial charge < -0.3 is 4.90 Å². The van der Waals surface area contributed by atoms with Crippen LogP contribution in [-0.2, 0) is 0 Å². The summed E-state index contributed by atoms with van der Waals surface area (Å²) in [4.78, 5) is 2.76. The molecule has 2 unspecified atom stereocenters. The van der Waals surface area contributed by atoms with Gasteiger partial charge in [-0.05, 0) is 43.6 Å². The monoisotopic (exact) mass is 225 g/mol. The van der Waals surface area contributed by atoms with Gasteiger partial charge >= 0.3 is 0 Å². The molecule has 0 spiro atoms. The summed E-state index contributed by atoms with van der Waals surface area (Å²) in [6.07, 6.45) is 5.86. The molecular weight excluding hydrogens is 194 g/mol. The highest BCUT2D eigenvalue weighted by molar-refractivity contribution is 4.86. The maximum Gasteiger partial charge on any atom is 0.00953 e. The van der Waals surface area contributed by atoms with Crippen LogP contribution in [0.25, 0.3) is 0 Å². The number of hydrogen-bond acceptors (Lipinski definition) is 1. The van der Waals surface area contributed by atoms with Crippen molar-refractivity contribution in [2.75, 3.05) is 13.1 Å². The standard InChI is InChI=1S/C13H25N.C2H6/c1-10(2)13-7-8-14(9-11(13)3)12-5-4-6-12;1-2/h10-13H,4-9H2,1-3H3;1-2H3. The Morgan fingerprint density at radius 2 is 1.69 bits per heavy atom. The van der Waals surface area contributed by atoms with Gasteiger partial charge in [-0.3, -0.25) is 0 Å². The van der Waals surface area contributed by atoms with E-state index < -0.39 is 0 Å². The second kappa shape index (κ2) is 6.64. The highest BCUT2D eigenvalue weighted by atomic mass is 15.2. The van der Waals surface area contributed by atoms with Crippen molar-refractivity contribution in [2.24, 2.45) is 17.8 Å². The van der Waals surface area contributed by atoms with Crippen LogP contribution >= 0.6 is 0 Å². The Balaban J connectivity index is 0.000000606. The van der Waals surface area contributed by atoms with E-state index in [-0.39, 0.29) is 0 Å². The highest BCUT2D eigenvalue weighted by Crippen LogP contribution is 2.34.